The van der Waals surface area contributed by atoms with E-state index in [0.29, 0.717) is 5.56 Å². The van der Waals surface area contributed by atoms with E-state index in [2.05, 4.69) is 10.6 Å². The first kappa shape index (κ1) is 25.3. The highest BCUT2D eigenvalue weighted by Crippen LogP contribution is 2.26. The molecule has 0 fully saturated rings. The number of rotatable bonds is 6. The second-order valence-corrected chi connectivity index (χ2v) is 9.48. The summed E-state index contributed by atoms with van der Waals surface area (Å²) in [6, 6.07) is 4.88. The third-order valence-electron chi connectivity index (χ3n) is 3.86. The first-order valence-electron chi connectivity index (χ1n) is 9.99. The standard InChI is InChI=1S/C22H35N3O5/c1-14(2)25(17(27)13-23-20(29)30-22(6,7)8)18(19(28)24-21(3,4)5)15-9-11-16(26)12-10-15/h9-12,14,18,26H,13H2,1-8H3,(H,23,29)(H,24,28). The molecule has 1 unspecified atom stereocenters. The fraction of sp³-hybridized carbons (Fsp3) is 0.591. The number of phenolic OH excluding ortho intramolecular Hbond substituents is 1. The van der Waals surface area contributed by atoms with Crippen molar-refractivity contribution in [2.24, 2.45) is 0 Å². The van der Waals surface area contributed by atoms with Gasteiger partial charge in [-0.3, -0.25) is 9.59 Å². The maximum absolute atomic E-state index is 13.1. The molecule has 30 heavy (non-hydrogen) atoms. The molecule has 0 saturated heterocycles. The number of hydrogen-bond acceptors (Lipinski definition) is 5. The van der Waals surface area contributed by atoms with E-state index in [4.69, 9.17) is 4.74 Å². The molecule has 1 rings (SSSR count). The summed E-state index contributed by atoms with van der Waals surface area (Å²) in [6.45, 7) is 14.0. The van der Waals surface area contributed by atoms with Crippen LogP contribution >= 0.6 is 0 Å². The van der Waals surface area contributed by atoms with Gasteiger partial charge in [0.25, 0.3) is 0 Å². The van der Waals surface area contributed by atoms with Crippen molar-refractivity contribution in [3.63, 3.8) is 0 Å². The third-order valence-corrected chi connectivity index (χ3v) is 3.86. The minimum absolute atomic E-state index is 0.0581. The zero-order valence-electron chi connectivity index (χ0n) is 19.2. The molecule has 3 amide bonds. The second-order valence-electron chi connectivity index (χ2n) is 9.48. The van der Waals surface area contributed by atoms with E-state index >= 15 is 0 Å². The lowest BCUT2D eigenvalue weighted by Gasteiger charge is -2.36. The van der Waals surface area contributed by atoms with E-state index in [9.17, 15) is 19.5 Å². The minimum Gasteiger partial charge on any atom is -0.508 e. The highest BCUT2D eigenvalue weighted by molar-refractivity contribution is 5.91. The Labute approximate surface area is 179 Å². The van der Waals surface area contributed by atoms with E-state index in [-0.39, 0.29) is 24.2 Å². The lowest BCUT2D eigenvalue weighted by atomic mass is 10.00. The molecule has 3 N–H and O–H groups in total. The molecule has 0 spiro atoms. The molecule has 0 aromatic heterocycles. The van der Waals surface area contributed by atoms with Crippen molar-refractivity contribution >= 4 is 17.9 Å². The van der Waals surface area contributed by atoms with Crippen LogP contribution in [0.15, 0.2) is 24.3 Å². The largest absolute Gasteiger partial charge is 0.508 e. The quantitative estimate of drug-likeness (QED) is 0.654. The number of hydrogen-bond donors (Lipinski definition) is 3. The Balaban J connectivity index is 3.17. The maximum Gasteiger partial charge on any atom is 0.408 e. The molecule has 0 radical (unpaired) electrons. The minimum atomic E-state index is -0.933. The molecule has 8 heteroatoms. The summed E-state index contributed by atoms with van der Waals surface area (Å²) >= 11 is 0. The Morgan fingerprint density at radius 1 is 1.03 bits per heavy atom. The molecule has 168 valence electrons. The fourth-order valence-corrected chi connectivity index (χ4v) is 2.82. The Morgan fingerprint density at radius 3 is 2.00 bits per heavy atom. The second kappa shape index (κ2) is 9.82. The van der Waals surface area contributed by atoms with Crippen molar-refractivity contribution in [2.75, 3.05) is 6.54 Å². The van der Waals surface area contributed by atoms with Crippen LogP contribution in [0.3, 0.4) is 0 Å². The van der Waals surface area contributed by atoms with E-state index in [1.165, 1.54) is 17.0 Å². The number of nitrogens with one attached hydrogen (secondary N) is 2. The lowest BCUT2D eigenvalue weighted by molar-refractivity contribution is -0.142. The number of aromatic hydroxyl groups is 1. The molecule has 0 bridgehead atoms. The summed E-state index contributed by atoms with van der Waals surface area (Å²) in [5.74, 6) is -0.728. The lowest BCUT2D eigenvalue weighted by Crippen LogP contribution is -2.53. The van der Waals surface area contributed by atoms with Crippen LogP contribution in [0.25, 0.3) is 0 Å². The normalized spacial score (nSPS) is 12.8. The molecular formula is C22H35N3O5. The van der Waals surface area contributed by atoms with Crippen molar-refractivity contribution in [3.8, 4) is 5.75 Å². The molecule has 8 nitrogen and oxygen atoms in total. The molecule has 0 aliphatic rings. The van der Waals surface area contributed by atoms with Crippen molar-refractivity contribution < 1.29 is 24.2 Å². The Morgan fingerprint density at radius 2 is 1.57 bits per heavy atom. The highest BCUT2D eigenvalue weighted by Gasteiger charge is 2.35. The summed E-state index contributed by atoms with van der Waals surface area (Å²) < 4.78 is 5.17. The van der Waals surface area contributed by atoms with Crippen molar-refractivity contribution in [2.45, 2.75) is 78.6 Å². The van der Waals surface area contributed by atoms with Crippen LogP contribution in [0.1, 0.15) is 67.0 Å². The predicted octanol–water partition coefficient (Wildman–Crippen LogP) is 3.11. The Hall–Kier alpha value is -2.77. The van der Waals surface area contributed by atoms with Crippen LogP contribution in [-0.4, -0.2) is 51.6 Å². The van der Waals surface area contributed by atoms with Gasteiger partial charge in [-0.25, -0.2) is 4.79 Å². The highest BCUT2D eigenvalue weighted by atomic mass is 16.6. The topological polar surface area (TPSA) is 108 Å². The van der Waals surface area contributed by atoms with Crippen LogP contribution < -0.4 is 10.6 Å². The van der Waals surface area contributed by atoms with Gasteiger partial charge in [0.05, 0.1) is 0 Å². The monoisotopic (exact) mass is 421 g/mol. The molecule has 1 atom stereocenters. The number of nitrogens with zero attached hydrogens (tertiary/aromatic N) is 1. The Bertz CT molecular complexity index is 746. The van der Waals surface area contributed by atoms with Crippen LogP contribution in [0, 0.1) is 0 Å². The molecule has 0 heterocycles. The number of ether oxygens (including phenoxy) is 1. The molecule has 1 aromatic rings. The summed E-state index contributed by atoms with van der Waals surface area (Å²) in [4.78, 5) is 39.5. The first-order valence-corrected chi connectivity index (χ1v) is 9.99. The van der Waals surface area contributed by atoms with E-state index < -0.39 is 29.2 Å². The maximum atomic E-state index is 13.1. The molecular weight excluding hydrogens is 386 g/mol. The SMILES string of the molecule is CC(C)N(C(=O)CNC(=O)OC(C)(C)C)C(C(=O)NC(C)(C)C)c1ccc(O)cc1. The van der Waals surface area contributed by atoms with E-state index in [1.54, 1.807) is 46.8 Å². The molecule has 1 aromatic carbocycles. The number of phenols is 1. The summed E-state index contributed by atoms with van der Waals surface area (Å²) in [7, 11) is 0. The van der Waals surface area contributed by atoms with Crippen molar-refractivity contribution in [3.05, 3.63) is 29.8 Å². The first-order chi connectivity index (χ1) is 13.6. The zero-order chi connectivity index (χ0) is 23.3. The number of alkyl carbamates (subject to hydrolysis) is 1. The fourth-order valence-electron chi connectivity index (χ4n) is 2.82. The van der Waals surface area contributed by atoms with Gasteiger partial charge in [0, 0.05) is 11.6 Å². The average molecular weight is 422 g/mol. The van der Waals surface area contributed by atoms with Gasteiger partial charge in [-0.15, -0.1) is 0 Å². The van der Waals surface area contributed by atoms with Gasteiger partial charge < -0.3 is 25.4 Å². The van der Waals surface area contributed by atoms with Crippen LogP contribution in [-0.2, 0) is 14.3 Å². The number of amides is 3. The van der Waals surface area contributed by atoms with Gasteiger partial charge in [0.2, 0.25) is 11.8 Å². The van der Waals surface area contributed by atoms with Crippen LogP contribution in [0.2, 0.25) is 0 Å². The van der Waals surface area contributed by atoms with Crippen molar-refractivity contribution in [1.82, 2.24) is 15.5 Å². The van der Waals surface area contributed by atoms with E-state index in [1.807, 2.05) is 20.8 Å². The number of carbonyl (C=O) groups is 3. The molecule has 0 aliphatic heterocycles. The van der Waals surface area contributed by atoms with E-state index in [0.717, 1.165) is 0 Å². The zero-order valence-corrected chi connectivity index (χ0v) is 19.2. The average Bonchev–Trinajstić information content (AvgIpc) is 2.55. The van der Waals surface area contributed by atoms with Gasteiger partial charge in [0.1, 0.15) is 23.9 Å². The van der Waals surface area contributed by atoms with Crippen LogP contribution in [0.5, 0.6) is 5.75 Å². The van der Waals surface area contributed by atoms with Crippen LogP contribution in [0.4, 0.5) is 4.79 Å². The van der Waals surface area contributed by atoms with Gasteiger partial charge in [-0.2, -0.15) is 0 Å². The predicted molar refractivity (Wildman–Crippen MR) is 115 cm³/mol. The smallest absolute Gasteiger partial charge is 0.408 e. The van der Waals surface area contributed by atoms with Gasteiger partial charge in [0.15, 0.2) is 0 Å². The van der Waals surface area contributed by atoms with Crippen molar-refractivity contribution in [1.29, 1.82) is 0 Å². The number of benzene rings is 1. The summed E-state index contributed by atoms with van der Waals surface area (Å²) in [5.41, 5.74) is -0.646. The third kappa shape index (κ3) is 8.31. The molecule has 0 aliphatic carbocycles. The summed E-state index contributed by atoms with van der Waals surface area (Å²) in [5, 5.41) is 15.0. The molecule has 0 saturated carbocycles. The Kier molecular flexibility index (Phi) is 8.27. The number of carbonyl (C=O) groups excluding carboxylic acids is 3. The van der Waals surface area contributed by atoms with Gasteiger partial charge >= 0.3 is 6.09 Å². The summed E-state index contributed by atoms with van der Waals surface area (Å²) in [6.07, 6.45) is -0.708. The van der Waals surface area contributed by atoms with Gasteiger partial charge in [-0.1, -0.05) is 12.1 Å². The van der Waals surface area contributed by atoms with Gasteiger partial charge in [-0.05, 0) is 73.1 Å².